The summed E-state index contributed by atoms with van der Waals surface area (Å²) < 4.78 is 12.9. The van der Waals surface area contributed by atoms with Crippen molar-refractivity contribution in [2.45, 2.75) is 38.7 Å². The number of hydrogen-bond acceptors (Lipinski definition) is 7. The highest BCUT2D eigenvalue weighted by Gasteiger charge is 2.35. The van der Waals surface area contributed by atoms with Crippen LogP contribution in [0.5, 0.6) is 0 Å². The molecule has 8 nitrogen and oxygen atoms in total. The number of thiophene rings is 1. The molecular weight excluding hydrogens is 426 g/mol. The van der Waals surface area contributed by atoms with Crippen LogP contribution in [0.4, 0.5) is 0 Å². The van der Waals surface area contributed by atoms with Crippen LogP contribution < -0.4 is 0 Å². The number of rotatable bonds is 6. The number of carbonyl (C=O) groups is 1. The average molecular weight is 454 g/mol. The molecule has 1 atom stereocenters. The van der Waals surface area contributed by atoms with E-state index in [1.165, 1.54) is 9.75 Å². The van der Waals surface area contributed by atoms with Crippen LogP contribution in [0.2, 0.25) is 0 Å². The fourth-order valence-corrected chi connectivity index (χ4v) is 5.09. The number of carbonyl (C=O) groups excluding carboxylic acids is 1. The number of amides is 1. The smallest absolute Gasteiger partial charge is 0.257 e. The van der Waals surface area contributed by atoms with Crippen molar-refractivity contribution < 1.29 is 14.3 Å². The number of hydrogen-bond donors (Lipinski definition) is 0. The zero-order valence-electron chi connectivity index (χ0n) is 18.6. The zero-order valence-corrected chi connectivity index (χ0v) is 19.4. The topological polar surface area (TPSA) is 82.4 Å². The van der Waals surface area contributed by atoms with Gasteiger partial charge in [-0.2, -0.15) is 5.10 Å². The molecule has 0 aromatic carbocycles. The maximum absolute atomic E-state index is 13.3. The Labute approximate surface area is 191 Å². The molecule has 3 aromatic rings. The number of nitrogens with zero attached hydrogens (tertiary/aromatic N) is 5. The maximum Gasteiger partial charge on any atom is 0.257 e. The summed E-state index contributed by atoms with van der Waals surface area (Å²) in [5, 5.41) is 4.55. The van der Waals surface area contributed by atoms with Crippen molar-refractivity contribution >= 4 is 17.2 Å². The van der Waals surface area contributed by atoms with E-state index in [-0.39, 0.29) is 12.0 Å². The molecule has 0 N–H and O–H groups in total. The fourth-order valence-electron chi connectivity index (χ4n) is 4.15. The quantitative estimate of drug-likeness (QED) is 0.569. The van der Waals surface area contributed by atoms with Crippen molar-refractivity contribution in [1.82, 2.24) is 24.6 Å². The van der Waals surface area contributed by atoms with E-state index < -0.39 is 0 Å². The Morgan fingerprint density at radius 3 is 2.84 bits per heavy atom. The van der Waals surface area contributed by atoms with Crippen LogP contribution in [0.3, 0.4) is 0 Å². The third kappa shape index (κ3) is 4.20. The molecular formula is C23H27N5O3S. The number of ether oxygens (including phenoxy) is 2. The Balaban J connectivity index is 1.44. The minimum atomic E-state index is -0.102. The van der Waals surface area contributed by atoms with Gasteiger partial charge in [-0.3, -0.25) is 4.79 Å². The molecule has 0 bridgehead atoms. The normalized spacial score (nSPS) is 18.7. The second-order valence-corrected chi connectivity index (χ2v) is 9.91. The molecule has 3 aromatic heterocycles. The summed E-state index contributed by atoms with van der Waals surface area (Å²) in [6.45, 7) is 6.36. The highest BCUT2D eigenvalue weighted by atomic mass is 32.1. The molecule has 1 aliphatic carbocycles. The second-order valence-electron chi connectivity index (χ2n) is 8.45. The highest BCUT2D eigenvalue weighted by molar-refractivity contribution is 7.12. The summed E-state index contributed by atoms with van der Waals surface area (Å²) in [5.41, 5.74) is 3.50. The van der Waals surface area contributed by atoms with Crippen LogP contribution in [0.1, 0.15) is 44.6 Å². The Kier molecular flexibility index (Phi) is 5.79. The van der Waals surface area contributed by atoms with E-state index in [4.69, 9.17) is 14.5 Å². The van der Waals surface area contributed by atoms with Crippen LogP contribution in [0, 0.1) is 13.8 Å². The van der Waals surface area contributed by atoms with Crippen molar-refractivity contribution in [3.8, 4) is 17.2 Å². The molecule has 1 amide bonds. The SMILES string of the molecule is Cc1cc(-c2ccnc(-n3ncc(C(=O)N(C)C[C@@H]4COCCO4)c3C3CC3)n2)c(C)s1. The van der Waals surface area contributed by atoms with Crippen LogP contribution in [-0.2, 0) is 9.47 Å². The molecule has 9 heteroatoms. The Morgan fingerprint density at radius 2 is 2.16 bits per heavy atom. The number of aryl methyl sites for hydroxylation is 2. The molecule has 2 fully saturated rings. The van der Waals surface area contributed by atoms with E-state index in [9.17, 15) is 4.79 Å². The predicted molar refractivity (Wildman–Crippen MR) is 121 cm³/mol. The van der Waals surface area contributed by atoms with Gasteiger partial charge in [0, 0.05) is 41.0 Å². The first-order chi connectivity index (χ1) is 15.5. The van der Waals surface area contributed by atoms with Gasteiger partial charge in [-0.05, 0) is 38.8 Å². The molecule has 2 aliphatic rings. The Bertz CT molecular complexity index is 1130. The van der Waals surface area contributed by atoms with Gasteiger partial charge in [0.25, 0.3) is 11.9 Å². The largest absolute Gasteiger partial charge is 0.376 e. The molecule has 1 saturated heterocycles. The summed E-state index contributed by atoms with van der Waals surface area (Å²) in [6, 6.07) is 4.07. The third-order valence-electron chi connectivity index (χ3n) is 5.86. The maximum atomic E-state index is 13.3. The Morgan fingerprint density at radius 1 is 1.31 bits per heavy atom. The fraction of sp³-hybridized carbons (Fsp3) is 0.478. The van der Waals surface area contributed by atoms with E-state index in [2.05, 4.69) is 30.0 Å². The first kappa shape index (κ1) is 21.2. The lowest BCUT2D eigenvalue weighted by atomic mass is 10.1. The first-order valence-electron chi connectivity index (χ1n) is 10.9. The minimum Gasteiger partial charge on any atom is -0.376 e. The lowest BCUT2D eigenvalue weighted by Crippen LogP contribution is -2.41. The summed E-state index contributed by atoms with van der Waals surface area (Å²) >= 11 is 1.76. The predicted octanol–water partition coefficient (Wildman–Crippen LogP) is 3.37. The van der Waals surface area contributed by atoms with Gasteiger partial charge < -0.3 is 14.4 Å². The molecule has 0 unspecified atom stereocenters. The standard InChI is InChI=1S/C23H27N5O3S/c1-14-10-18(15(2)32-14)20-6-7-24-23(26-20)28-21(16-4-5-16)19(11-25-28)22(29)27(3)12-17-13-30-8-9-31-17/h6-7,10-11,16-17H,4-5,8-9,12-13H2,1-3H3/t17-/m1/s1. The van der Waals surface area contributed by atoms with Gasteiger partial charge in [-0.25, -0.2) is 14.6 Å². The Hall–Kier alpha value is -2.62. The zero-order chi connectivity index (χ0) is 22.2. The number of aromatic nitrogens is 4. The highest BCUT2D eigenvalue weighted by Crippen LogP contribution is 2.42. The first-order valence-corrected chi connectivity index (χ1v) is 11.8. The van der Waals surface area contributed by atoms with Crippen molar-refractivity contribution in [3.05, 3.63) is 45.5 Å². The lowest BCUT2D eigenvalue weighted by Gasteiger charge is -2.27. The summed E-state index contributed by atoms with van der Waals surface area (Å²) in [4.78, 5) is 26.7. The van der Waals surface area contributed by atoms with Crippen molar-refractivity contribution in [1.29, 1.82) is 0 Å². The van der Waals surface area contributed by atoms with E-state index >= 15 is 0 Å². The van der Waals surface area contributed by atoms with Gasteiger partial charge in [-0.15, -0.1) is 11.3 Å². The van der Waals surface area contributed by atoms with Crippen molar-refractivity contribution in [2.24, 2.45) is 0 Å². The summed E-state index contributed by atoms with van der Waals surface area (Å²) in [6.07, 6.45) is 5.39. The summed E-state index contributed by atoms with van der Waals surface area (Å²) in [5.74, 6) is 0.739. The minimum absolute atomic E-state index is 0.0622. The van der Waals surface area contributed by atoms with Crippen LogP contribution in [0.15, 0.2) is 24.5 Å². The van der Waals surface area contributed by atoms with Crippen LogP contribution >= 0.6 is 11.3 Å². The molecule has 168 valence electrons. The molecule has 1 saturated carbocycles. The van der Waals surface area contributed by atoms with Gasteiger partial charge in [0.15, 0.2) is 0 Å². The molecule has 5 rings (SSSR count). The van der Waals surface area contributed by atoms with E-state index in [0.29, 0.717) is 43.8 Å². The van der Waals surface area contributed by atoms with Gasteiger partial charge >= 0.3 is 0 Å². The molecule has 0 radical (unpaired) electrons. The molecule has 32 heavy (non-hydrogen) atoms. The van der Waals surface area contributed by atoms with Crippen LogP contribution in [-0.4, -0.2) is 70.1 Å². The van der Waals surface area contributed by atoms with Gasteiger partial charge in [-0.1, -0.05) is 0 Å². The van der Waals surface area contributed by atoms with E-state index in [0.717, 1.165) is 29.8 Å². The average Bonchev–Trinajstić information content (AvgIpc) is 3.45. The monoisotopic (exact) mass is 453 g/mol. The van der Waals surface area contributed by atoms with Gasteiger partial charge in [0.05, 0.1) is 49.1 Å². The van der Waals surface area contributed by atoms with Crippen molar-refractivity contribution in [3.63, 3.8) is 0 Å². The van der Waals surface area contributed by atoms with Gasteiger partial charge in [0.1, 0.15) is 0 Å². The number of likely N-dealkylation sites (N-methyl/N-ethyl adjacent to an activating group) is 1. The van der Waals surface area contributed by atoms with Crippen LogP contribution in [0.25, 0.3) is 17.2 Å². The molecule has 4 heterocycles. The third-order valence-corrected chi connectivity index (χ3v) is 6.83. The molecule has 0 spiro atoms. The summed E-state index contributed by atoms with van der Waals surface area (Å²) in [7, 11) is 1.80. The lowest BCUT2D eigenvalue weighted by molar-refractivity contribution is -0.0933. The van der Waals surface area contributed by atoms with Crippen molar-refractivity contribution in [2.75, 3.05) is 33.4 Å². The van der Waals surface area contributed by atoms with Gasteiger partial charge in [0.2, 0.25) is 0 Å². The van der Waals surface area contributed by atoms with E-state index in [1.54, 1.807) is 40.4 Å². The second kappa shape index (κ2) is 8.73. The van der Waals surface area contributed by atoms with E-state index in [1.807, 2.05) is 6.07 Å². The molecule has 1 aliphatic heterocycles.